The number of nitrogens with zero attached hydrogens (tertiary/aromatic N) is 1. The first-order valence-electron chi connectivity index (χ1n) is 12.6. The fourth-order valence-corrected chi connectivity index (χ4v) is 4.38. The van der Waals surface area contributed by atoms with Gasteiger partial charge >= 0.3 is 6.09 Å². The predicted molar refractivity (Wildman–Crippen MR) is 154 cm³/mol. The maximum Gasteiger partial charge on any atom is 0.408 e. The van der Waals surface area contributed by atoms with Crippen molar-refractivity contribution in [1.29, 1.82) is 0 Å². The molecule has 0 radical (unpaired) electrons. The number of phenolic OH excluding ortho intramolecular Hbond substituents is 1. The summed E-state index contributed by atoms with van der Waals surface area (Å²) < 4.78 is 5.33. The van der Waals surface area contributed by atoms with Crippen LogP contribution in [0.1, 0.15) is 63.3 Å². The van der Waals surface area contributed by atoms with Crippen molar-refractivity contribution in [1.82, 2.24) is 10.2 Å². The third kappa shape index (κ3) is 8.30. The van der Waals surface area contributed by atoms with Gasteiger partial charge in [0.25, 0.3) is 5.91 Å². The Balaban J connectivity index is 2.57. The molecule has 2 rings (SSSR count). The van der Waals surface area contributed by atoms with Gasteiger partial charge in [0.1, 0.15) is 23.4 Å². The second-order valence-electron chi connectivity index (χ2n) is 10.1. The Bertz CT molecular complexity index is 1130. The standard InChI is InChI=1S/C28H38ClN3O5S/c1-7-8-15-32(26(35)21(16-38)30-27(36)37-28(4,5)6)23(19-13-9-12-18(3)24(19)33)25(34)31-22-17(2)11-10-14-20(22)29/h9-14,21,23,33,38H,7-8,15-16H2,1-6H3,(H,30,36)(H,31,34). The topological polar surface area (TPSA) is 108 Å². The van der Waals surface area contributed by atoms with Gasteiger partial charge in [-0.05, 0) is 58.2 Å². The molecule has 0 aromatic heterocycles. The molecule has 2 unspecified atom stereocenters. The zero-order valence-corrected chi connectivity index (χ0v) is 24.5. The highest BCUT2D eigenvalue weighted by Crippen LogP contribution is 2.34. The Morgan fingerprint density at radius 1 is 1.11 bits per heavy atom. The normalized spacial score (nSPS) is 12.8. The van der Waals surface area contributed by atoms with Crippen LogP contribution in [0.5, 0.6) is 5.75 Å². The smallest absolute Gasteiger partial charge is 0.408 e. The lowest BCUT2D eigenvalue weighted by atomic mass is 9.98. The van der Waals surface area contributed by atoms with Crippen LogP contribution in [-0.2, 0) is 14.3 Å². The molecule has 0 aliphatic heterocycles. The monoisotopic (exact) mass is 563 g/mol. The summed E-state index contributed by atoms with van der Waals surface area (Å²) >= 11 is 10.7. The van der Waals surface area contributed by atoms with Crippen LogP contribution < -0.4 is 10.6 Å². The summed E-state index contributed by atoms with van der Waals surface area (Å²) in [5, 5.41) is 16.7. The van der Waals surface area contributed by atoms with Gasteiger partial charge in [0, 0.05) is 17.9 Å². The van der Waals surface area contributed by atoms with E-state index in [1.807, 2.05) is 19.9 Å². The third-order valence-electron chi connectivity index (χ3n) is 5.80. The van der Waals surface area contributed by atoms with Gasteiger partial charge in [-0.3, -0.25) is 9.59 Å². The van der Waals surface area contributed by atoms with E-state index in [0.29, 0.717) is 22.7 Å². The fraction of sp³-hybridized carbons (Fsp3) is 0.464. The molecule has 208 valence electrons. The minimum absolute atomic E-state index is 0.0293. The highest BCUT2D eigenvalue weighted by atomic mass is 35.5. The molecule has 0 saturated heterocycles. The van der Waals surface area contributed by atoms with Crippen LogP contribution in [0.2, 0.25) is 5.02 Å². The quantitative estimate of drug-likeness (QED) is 0.273. The van der Waals surface area contributed by atoms with E-state index in [1.165, 1.54) is 4.90 Å². The molecule has 0 fully saturated rings. The number of para-hydroxylation sites is 2. The maximum absolute atomic E-state index is 13.9. The SMILES string of the molecule is CCCCN(C(=O)C(CS)NC(=O)OC(C)(C)C)C(C(=O)Nc1c(C)cccc1Cl)c1cccc(C)c1O. The zero-order valence-electron chi connectivity index (χ0n) is 22.8. The average Bonchev–Trinajstić information content (AvgIpc) is 2.83. The molecule has 8 nitrogen and oxygen atoms in total. The first-order valence-corrected chi connectivity index (χ1v) is 13.6. The minimum atomic E-state index is -1.22. The molecule has 0 aliphatic carbocycles. The molecule has 3 N–H and O–H groups in total. The number of halogens is 1. The van der Waals surface area contributed by atoms with E-state index in [1.54, 1.807) is 58.0 Å². The number of phenols is 1. The number of alkyl carbamates (subject to hydrolysis) is 1. The number of thiol groups is 1. The highest BCUT2D eigenvalue weighted by Gasteiger charge is 2.37. The lowest BCUT2D eigenvalue weighted by Crippen LogP contribution is -2.53. The molecule has 2 aromatic carbocycles. The molecule has 2 aromatic rings. The molecule has 10 heteroatoms. The van der Waals surface area contributed by atoms with Gasteiger partial charge in [-0.15, -0.1) is 0 Å². The van der Waals surface area contributed by atoms with Crippen molar-refractivity contribution in [2.45, 2.75) is 72.1 Å². The predicted octanol–water partition coefficient (Wildman–Crippen LogP) is 5.79. The van der Waals surface area contributed by atoms with Gasteiger partial charge in [0.2, 0.25) is 5.91 Å². The Hall–Kier alpha value is -2.91. The molecular weight excluding hydrogens is 526 g/mol. The summed E-state index contributed by atoms with van der Waals surface area (Å²) in [5.41, 5.74) is 1.20. The van der Waals surface area contributed by atoms with Gasteiger partial charge in [0.15, 0.2) is 0 Å². The number of anilines is 1. The summed E-state index contributed by atoms with van der Waals surface area (Å²) in [6, 6.07) is 7.98. The van der Waals surface area contributed by atoms with E-state index < -0.39 is 35.6 Å². The van der Waals surface area contributed by atoms with E-state index in [9.17, 15) is 19.5 Å². The summed E-state index contributed by atoms with van der Waals surface area (Å²) in [5.74, 6) is -1.21. The number of carbonyl (C=O) groups is 3. The molecule has 0 saturated carbocycles. The Kier molecular flexibility index (Phi) is 11.3. The second-order valence-corrected chi connectivity index (χ2v) is 10.9. The molecule has 0 spiro atoms. The Morgan fingerprint density at radius 3 is 2.32 bits per heavy atom. The van der Waals surface area contributed by atoms with Crippen LogP contribution in [-0.4, -0.2) is 51.9 Å². The average molecular weight is 564 g/mol. The van der Waals surface area contributed by atoms with Crippen LogP contribution >= 0.6 is 24.2 Å². The maximum atomic E-state index is 13.9. The minimum Gasteiger partial charge on any atom is -0.507 e. The van der Waals surface area contributed by atoms with Gasteiger partial charge in [0.05, 0.1) is 10.7 Å². The van der Waals surface area contributed by atoms with Crippen LogP contribution in [0.4, 0.5) is 10.5 Å². The van der Waals surface area contributed by atoms with Crippen molar-refractivity contribution >= 4 is 47.8 Å². The van der Waals surface area contributed by atoms with Crippen molar-refractivity contribution in [3.8, 4) is 5.75 Å². The molecule has 2 atom stereocenters. The number of hydrogen-bond donors (Lipinski definition) is 4. The molecule has 0 bridgehead atoms. The number of aryl methyl sites for hydroxylation is 2. The number of hydrogen-bond acceptors (Lipinski definition) is 6. The number of nitrogens with one attached hydrogen (secondary N) is 2. The molecule has 38 heavy (non-hydrogen) atoms. The van der Waals surface area contributed by atoms with Crippen LogP contribution in [0.15, 0.2) is 36.4 Å². The van der Waals surface area contributed by atoms with Crippen molar-refractivity contribution < 1.29 is 24.2 Å². The summed E-state index contributed by atoms with van der Waals surface area (Å²) in [4.78, 5) is 41.7. The molecular formula is C28H38ClN3O5S. The molecule has 3 amide bonds. The van der Waals surface area contributed by atoms with Crippen LogP contribution in [0, 0.1) is 13.8 Å². The number of benzene rings is 2. The highest BCUT2D eigenvalue weighted by molar-refractivity contribution is 7.80. The number of unbranched alkanes of at least 4 members (excludes halogenated alkanes) is 1. The fourth-order valence-electron chi connectivity index (χ4n) is 3.87. The first kappa shape index (κ1) is 31.3. The van der Waals surface area contributed by atoms with Crippen LogP contribution in [0.3, 0.4) is 0 Å². The van der Waals surface area contributed by atoms with Gasteiger partial charge in [-0.25, -0.2) is 4.79 Å². The van der Waals surface area contributed by atoms with E-state index in [4.69, 9.17) is 16.3 Å². The van der Waals surface area contributed by atoms with Gasteiger partial charge in [-0.2, -0.15) is 12.6 Å². The lowest BCUT2D eigenvalue weighted by Gasteiger charge is -2.34. The van der Waals surface area contributed by atoms with E-state index in [0.717, 1.165) is 12.0 Å². The number of amides is 3. The largest absolute Gasteiger partial charge is 0.507 e. The van der Waals surface area contributed by atoms with Gasteiger partial charge in [-0.1, -0.05) is 55.3 Å². The molecule has 0 aliphatic rings. The van der Waals surface area contributed by atoms with Crippen molar-refractivity contribution in [2.75, 3.05) is 17.6 Å². The molecule has 0 heterocycles. The number of carbonyl (C=O) groups excluding carboxylic acids is 3. The summed E-state index contributed by atoms with van der Waals surface area (Å²) in [7, 11) is 0. The number of ether oxygens (including phenoxy) is 1. The van der Waals surface area contributed by atoms with Crippen molar-refractivity contribution in [3.05, 3.63) is 58.1 Å². The first-order chi connectivity index (χ1) is 17.8. The van der Waals surface area contributed by atoms with Crippen molar-refractivity contribution in [3.63, 3.8) is 0 Å². The Labute approximate surface area is 235 Å². The van der Waals surface area contributed by atoms with E-state index >= 15 is 0 Å². The third-order valence-corrected chi connectivity index (χ3v) is 6.48. The second kappa shape index (κ2) is 13.8. The van der Waals surface area contributed by atoms with Gasteiger partial charge < -0.3 is 25.4 Å². The van der Waals surface area contributed by atoms with Crippen LogP contribution in [0.25, 0.3) is 0 Å². The Morgan fingerprint density at radius 2 is 1.74 bits per heavy atom. The summed E-state index contributed by atoms with van der Waals surface area (Å²) in [6.45, 7) is 10.8. The lowest BCUT2D eigenvalue weighted by molar-refractivity contribution is -0.140. The zero-order chi connectivity index (χ0) is 28.6. The van der Waals surface area contributed by atoms with E-state index in [2.05, 4.69) is 23.3 Å². The number of rotatable bonds is 10. The van der Waals surface area contributed by atoms with Crippen molar-refractivity contribution in [2.24, 2.45) is 0 Å². The number of aromatic hydroxyl groups is 1. The summed E-state index contributed by atoms with van der Waals surface area (Å²) in [6.07, 6.45) is 0.553. The van der Waals surface area contributed by atoms with E-state index in [-0.39, 0.29) is 23.6 Å².